The molecule has 6 nitrogen and oxygen atoms in total. The summed E-state index contributed by atoms with van der Waals surface area (Å²) in [5, 5.41) is 13.9. The molecule has 0 aliphatic heterocycles. The van der Waals surface area contributed by atoms with E-state index in [1.807, 2.05) is 13.8 Å². The van der Waals surface area contributed by atoms with Crippen LogP contribution in [-0.4, -0.2) is 26.1 Å². The Morgan fingerprint density at radius 2 is 2.05 bits per heavy atom. The fourth-order valence-corrected chi connectivity index (χ4v) is 1.98. The van der Waals surface area contributed by atoms with E-state index in [9.17, 15) is 13.2 Å². The van der Waals surface area contributed by atoms with Crippen molar-refractivity contribution in [2.45, 2.75) is 18.7 Å². The molecule has 0 amide bonds. The number of rotatable bonds is 5. The fraction of sp³-hybridized carbons (Fsp3) is 0.250. The van der Waals surface area contributed by atoms with Crippen LogP contribution in [0.25, 0.3) is 0 Å². The van der Waals surface area contributed by atoms with E-state index in [0.29, 0.717) is 0 Å². The zero-order valence-electron chi connectivity index (χ0n) is 10.6. The molecule has 0 unspecified atom stereocenters. The van der Waals surface area contributed by atoms with E-state index >= 15 is 0 Å². The van der Waals surface area contributed by atoms with Crippen molar-refractivity contribution in [3.05, 3.63) is 35.4 Å². The number of ether oxygens (including phenoxy) is 1. The Labute approximate surface area is 111 Å². The molecular weight excluding hydrogens is 270 g/mol. The number of hydrogen-bond donors (Lipinski definition) is 2. The highest BCUT2D eigenvalue weighted by Gasteiger charge is 2.18. The lowest BCUT2D eigenvalue weighted by Crippen LogP contribution is -2.15. The Hall–Kier alpha value is -1.86. The van der Waals surface area contributed by atoms with Crippen LogP contribution in [0.5, 0.6) is 5.75 Å². The molecule has 1 aromatic rings. The van der Waals surface area contributed by atoms with Crippen molar-refractivity contribution in [1.29, 1.82) is 0 Å². The average Bonchev–Trinajstić information content (AvgIpc) is 2.27. The Bertz CT molecular complexity index is 615. The summed E-state index contributed by atoms with van der Waals surface area (Å²) in [6, 6.07) is 3.52. The van der Waals surface area contributed by atoms with Gasteiger partial charge in [0, 0.05) is 0 Å². The first-order chi connectivity index (χ1) is 8.71. The van der Waals surface area contributed by atoms with Gasteiger partial charge >= 0.3 is 5.97 Å². The van der Waals surface area contributed by atoms with Crippen LogP contribution >= 0.6 is 0 Å². The summed E-state index contributed by atoms with van der Waals surface area (Å²) in [6.45, 7) is 3.92. The average molecular weight is 285 g/mol. The second kappa shape index (κ2) is 5.85. The van der Waals surface area contributed by atoms with Crippen molar-refractivity contribution in [1.82, 2.24) is 0 Å². The number of carboxylic acids is 1. The molecule has 3 N–H and O–H groups in total. The maximum absolute atomic E-state index is 11.4. The number of primary sulfonamides is 1. The number of nitrogens with two attached hydrogens (primary N) is 1. The number of sulfonamides is 1. The SMILES string of the molecule is CC(C)=CCOc1ccc(C(=O)O)cc1S(N)(=O)=O. The Morgan fingerprint density at radius 1 is 1.42 bits per heavy atom. The monoisotopic (exact) mass is 285 g/mol. The number of carboxylic acid groups (broad SMARTS) is 1. The van der Waals surface area contributed by atoms with Gasteiger partial charge in [0.15, 0.2) is 0 Å². The molecule has 7 heteroatoms. The summed E-state index contributed by atoms with van der Waals surface area (Å²) in [7, 11) is -4.05. The topological polar surface area (TPSA) is 107 Å². The maximum Gasteiger partial charge on any atom is 0.335 e. The number of carbonyl (C=O) groups is 1. The Balaban J connectivity index is 3.17. The van der Waals surface area contributed by atoms with Crippen LogP contribution in [-0.2, 0) is 10.0 Å². The van der Waals surface area contributed by atoms with Gasteiger partial charge in [0.05, 0.1) is 5.56 Å². The zero-order chi connectivity index (χ0) is 14.6. The molecule has 0 aromatic heterocycles. The number of benzene rings is 1. The van der Waals surface area contributed by atoms with Crippen LogP contribution in [0.3, 0.4) is 0 Å². The summed E-state index contributed by atoms with van der Waals surface area (Å²) in [5.74, 6) is -1.20. The van der Waals surface area contributed by atoms with Gasteiger partial charge in [-0.05, 0) is 38.1 Å². The van der Waals surface area contributed by atoms with E-state index in [1.54, 1.807) is 6.08 Å². The standard InChI is InChI=1S/C12H15NO5S/c1-8(2)5-6-18-10-4-3-9(12(14)15)7-11(10)19(13,16)17/h3-5,7H,6H2,1-2H3,(H,14,15)(H2,13,16,17). The van der Waals surface area contributed by atoms with Gasteiger partial charge < -0.3 is 9.84 Å². The van der Waals surface area contributed by atoms with Crippen LogP contribution in [0.15, 0.2) is 34.7 Å². The maximum atomic E-state index is 11.4. The third-order valence-corrected chi connectivity index (χ3v) is 3.16. The van der Waals surface area contributed by atoms with E-state index in [0.717, 1.165) is 11.6 Å². The van der Waals surface area contributed by atoms with Crippen LogP contribution in [0.1, 0.15) is 24.2 Å². The van der Waals surface area contributed by atoms with E-state index in [1.165, 1.54) is 12.1 Å². The highest BCUT2D eigenvalue weighted by molar-refractivity contribution is 7.89. The van der Waals surface area contributed by atoms with Crippen molar-refractivity contribution in [3.63, 3.8) is 0 Å². The molecule has 0 fully saturated rings. The lowest BCUT2D eigenvalue weighted by Gasteiger charge is -2.09. The predicted octanol–water partition coefficient (Wildman–Crippen LogP) is 1.38. The van der Waals surface area contributed by atoms with Gasteiger partial charge in [-0.3, -0.25) is 0 Å². The molecule has 0 aliphatic rings. The molecule has 0 spiro atoms. The van der Waals surface area contributed by atoms with Gasteiger partial charge in [-0.15, -0.1) is 0 Å². The highest BCUT2D eigenvalue weighted by Crippen LogP contribution is 2.24. The minimum absolute atomic E-state index is 0.0324. The third-order valence-electron chi connectivity index (χ3n) is 2.23. The summed E-state index contributed by atoms with van der Waals surface area (Å²) in [4.78, 5) is 10.5. The van der Waals surface area contributed by atoms with Gasteiger partial charge in [-0.1, -0.05) is 5.57 Å². The molecular formula is C12H15NO5S. The van der Waals surface area contributed by atoms with E-state index in [4.69, 9.17) is 15.0 Å². The second-order valence-corrected chi connectivity index (χ2v) is 5.63. The molecule has 104 valence electrons. The molecule has 0 saturated carbocycles. The van der Waals surface area contributed by atoms with Crippen molar-refractivity contribution >= 4 is 16.0 Å². The highest BCUT2D eigenvalue weighted by atomic mass is 32.2. The minimum atomic E-state index is -4.05. The van der Waals surface area contributed by atoms with Gasteiger partial charge in [0.2, 0.25) is 10.0 Å². The number of hydrogen-bond acceptors (Lipinski definition) is 4. The van der Waals surface area contributed by atoms with Crippen LogP contribution in [0, 0.1) is 0 Å². The smallest absolute Gasteiger partial charge is 0.335 e. The summed E-state index contributed by atoms with van der Waals surface area (Å²) < 4.78 is 28.1. The second-order valence-electron chi connectivity index (χ2n) is 4.10. The Morgan fingerprint density at radius 3 is 2.53 bits per heavy atom. The van der Waals surface area contributed by atoms with Crippen molar-refractivity contribution in [2.24, 2.45) is 5.14 Å². The molecule has 0 radical (unpaired) electrons. The molecule has 19 heavy (non-hydrogen) atoms. The summed E-state index contributed by atoms with van der Waals surface area (Å²) >= 11 is 0. The predicted molar refractivity (Wildman–Crippen MR) is 69.7 cm³/mol. The zero-order valence-corrected chi connectivity index (χ0v) is 11.4. The molecule has 1 rings (SSSR count). The number of allylic oxidation sites excluding steroid dienone is 1. The van der Waals surface area contributed by atoms with Crippen molar-refractivity contribution in [3.8, 4) is 5.75 Å². The fourth-order valence-electron chi connectivity index (χ4n) is 1.28. The lowest BCUT2D eigenvalue weighted by molar-refractivity contribution is 0.0696. The van der Waals surface area contributed by atoms with E-state index < -0.39 is 16.0 Å². The van der Waals surface area contributed by atoms with Crippen LogP contribution < -0.4 is 9.88 Å². The summed E-state index contributed by atoms with van der Waals surface area (Å²) in [6.07, 6.45) is 1.76. The quantitative estimate of drug-likeness (QED) is 0.795. The van der Waals surface area contributed by atoms with E-state index in [-0.39, 0.29) is 22.8 Å². The van der Waals surface area contributed by atoms with E-state index in [2.05, 4.69) is 0 Å². The minimum Gasteiger partial charge on any atom is -0.488 e. The van der Waals surface area contributed by atoms with Crippen LogP contribution in [0.2, 0.25) is 0 Å². The van der Waals surface area contributed by atoms with Crippen LogP contribution in [0.4, 0.5) is 0 Å². The number of aromatic carboxylic acids is 1. The Kier molecular flexibility index (Phi) is 4.68. The molecule has 0 heterocycles. The van der Waals surface area contributed by atoms with Gasteiger partial charge in [0.25, 0.3) is 0 Å². The largest absolute Gasteiger partial charge is 0.488 e. The van der Waals surface area contributed by atoms with Crippen molar-refractivity contribution in [2.75, 3.05) is 6.61 Å². The van der Waals surface area contributed by atoms with Gasteiger partial charge in [0.1, 0.15) is 17.3 Å². The third kappa shape index (κ3) is 4.38. The van der Waals surface area contributed by atoms with Gasteiger partial charge in [-0.25, -0.2) is 18.4 Å². The summed E-state index contributed by atoms with van der Waals surface area (Å²) in [5.41, 5.74) is 0.845. The molecule has 0 atom stereocenters. The molecule has 0 bridgehead atoms. The normalized spacial score (nSPS) is 10.9. The van der Waals surface area contributed by atoms with Gasteiger partial charge in [-0.2, -0.15) is 0 Å². The first-order valence-electron chi connectivity index (χ1n) is 5.38. The van der Waals surface area contributed by atoms with Crippen molar-refractivity contribution < 1.29 is 23.1 Å². The molecule has 0 saturated heterocycles. The first kappa shape index (κ1) is 15.2. The molecule has 0 aliphatic carbocycles. The molecule has 1 aromatic carbocycles. The first-order valence-corrected chi connectivity index (χ1v) is 6.92. The lowest BCUT2D eigenvalue weighted by atomic mass is 10.2.